The lowest BCUT2D eigenvalue weighted by molar-refractivity contribution is 0.372. The van der Waals surface area contributed by atoms with Crippen molar-refractivity contribution in [1.29, 1.82) is 0 Å². The van der Waals surface area contributed by atoms with Crippen LogP contribution in [0.25, 0.3) is 0 Å². The minimum atomic E-state index is -3.87. The van der Waals surface area contributed by atoms with Gasteiger partial charge in [0.2, 0.25) is 11.8 Å². The molecule has 0 atom stereocenters. The van der Waals surface area contributed by atoms with Crippen molar-refractivity contribution in [3.63, 3.8) is 0 Å². The maximum absolute atomic E-state index is 13.3. The van der Waals surface area contributed by atoms with E-state index in [0.29, 0.717) is 47.6 Å². The molecule has 0 amide bonds. The van der Waals surface area contributed by atoms with Crippen LogP contribution in [0, 0.1) is 0 Å². The van der Waals surface area contributed by atoms with E-state index in [1.54, 1.807) is 24.3 Å². The average Bonchev–Trinajstić information content (AvgIpc) is 3.38. The molecule has 0 N–H and O–H groups in total. The molecule has 0 saturated heterocycles. The van der Waals surface area contributed by atoms with Crippen LogP contribution >= 0.6 is 0 Å². The minimum absolute atomic E-state index is 0.0175. The van der Waals surface area contributed by atoms with Gasteiger partial charge in [-0.3, -0.25) is 0 Å². The second-order valence-electron chi connectivity index (χ2n) is 6.72. The number of fused-ring (bicyclic) bond motifs is 1. The molecule has 4 rings (SSSR count). The van der Waals surface area contributed by atoms with Gasteiger partial charge < -0.3 is 9.05 Å². The fourth-order valence-electron chi connectivity index (χ4n) is 3.18. The number of hydrogen-bond acceptors (Lipinski definition) is 8. The van der Waals surface area contributed by atoms with Gasteiger partial charge in [0.05, 0.1) is 24.5 Å². The molecular formula is C18H22N6O4S. The Morgan fingerprint density at radius 3 is 1.69 bits per heavy atom. The summed E-state index contributed by atoms with van der Waals surface area (Å²) >= 11 is 0. The minimum Gasteiger partial charge on any atom is -0.339 e. The van der Waals surface area contributed by atoms with Crippen molar-refractivity contribution < 1.29 is 17.5 Å². The highest BCUT2D eigenvalue weighted by atomic mass is 32.2. The van der Waals surface area contributed by atoms with E-state index in [4.69, 9.17) is 9.05 Å². The molecule has 0 fully saturated rings. The lowest BCUT2D eigenvalue weighted by Crippen LogP contribution is -2.37. The van der Waals surface area contributed by atoms with E-state index >= 15 is 0 Å². The summed E-state index contributed by atoms with van der Waals surface area (Å²) in [5.41, 5.74) is 1.10. The van der Waals surface area contributed by atoms with Crippen molar-refractivity contribution in [2.75, 3.05) is 8.61 Å². The topological polar surface area (TPSA) is 118 Å². The normalized spacial score (nSPS) is 15.1. The molecule has 11 heteroatoms. The number of rotatable bonds is 8. The zero-order valence-corrected chi connectivity index (χ0v) is 17.1. The largest absolute Gasteiger partial charge is 0.339 e. The molecule has 0 spiro atoms. The van der Waals surface area contributed by atoms with Crippen LogP contribution in [0.2, 0.25) is 0 Å². The third-order valence-corrected chi connectivity index (χ3v) is 6.26. The van der Waals surface area contributed by atoms with E-state index in [1.165, 1.54) is 8.61 Å². The molecular weight excluding hydrogens is 396 g/mol. The Morgan fingerprint density at radius 2 is 1.28 bits per heavy atom. The van der Waals surface area contributed by atoms with Crippen molar-refractivity contribution in [2.45, 2.75) is 52.6 Å². The molecule has 0 bridgehead atoms. The number of aromatic nitrogens is 4. The highest BCUT2D eigenvalue weighted by molar-refractivity contribution is 7.94. The molecule has 1 aliphatic heterocycles. The quantitative estimate of drug-likeness (QED) is 0.548. The van der Waals surface area contributed by atoms with Crippen molar-refractivity contribution in [3.05, 3.63) is 47.7 Å². The van der Waals surface area contributed by atoms with E-state index in [0.717, 1.165) is 12.8 Å². The van der Waals surface area contributed by atoms with E-state index in [9.17, 15) is 8.42 Å². The first-order valence-electron chi connectivity index (χ1n) is 9.55. The van der Waals surface area contributed by atoms with Crippen molar-refractivity contribution in [1.82, 2.24) is 20.3 Å². The summed E-state index contributed by atoms with van der Waals surface area (Å²) in [6, 6.07) is 7.08. The van der Waals surface area contributed by atoms with Gasteiger partial charge in [-0.05, 0) is 25.0 Å². The highest BCUT2D eigenvalue weighted by Gasteiger charge is 2.41. The first-order chi connectivity index (χ1) is 14.0. The Labute approximate surface area is 168 Å². The molecule has 10 nitrogen and oxygen atoms in total. The Bertz CT molecular complexity index is 1010. The fraction of sp³-hybridized carbons (Fsp3) is 0.444. The van der Waals surface area contributed by atoms with Crippen LogP contribution in [-0.2, 0) is 36.1 Å². The van der Waals surface area contributed by atoms with E-state index in [1.807, 2.05) is 13.8 Å². The second-order valence-corrected chi connectivity index (χ2v) is 8.50. The molecule has 3 heterocycles. The predicted octanol–water partition coefficient (Wildman–Crippen LogP) is 2.63. The number of para-hydroxylation sites is 2. The molecule has 3 aromatic rings. The maximum atomic E-state index is 13.3. The highest BCUT2D eigenvalue weighted by Crippen LogP contribution is 2.42. The molecule has 0 saturated carbocycles. The fourth-order valence-corrected chi connectivity index (χ4v) is 4.78. The molecule has 0 unspecified atom stereocenters. The monoisotopic (exact) mass is 418 g/mol. The van der Waals surface area contributed by atoms with Crippen LogP contribution in [0.3, 0.4) is 0 Å². The van der Waals surface area contributed by atoms with Gasteiger partial charge in [0.1, 0.15) is 0 Å². The number of benzene rings is 1. The van der Waals surface area contributed by atoms with E-state index in [2.05, 4.69) is 20.3 Å². The molecule has 29 heavy (non-hydrogen) atoms. The summed E-state index contributed by atoms with van der Waals surface area (Å²) in [6.45, 7) is 3.98. The van der Waals surface area contributed by atoms with Crippen molar-refractivity contribution >= 4 is 21.6 Å². The number of nitrogens with zero attached hydrogens (tertiary/aromatic N) is 6. The predicted molar refractivity (Wildman–Crippen MR) is 104 cm³/mol. The summed E-state index contributed by atoms with van der Waals surface area (Å²) in [6.07, 6.45) is 3.04. The maximum Gasteiger partial charge on any atom is 0.327 e. The van der Waals surface area contributed by atoms with E-state index in [-0.39, 0.29) is 13.1 Å². The standard InChI is InChI=1S/C18H22N6O4S/c1-3-7-17-19-15(21-27-17)11-23-13-9-5-6-10-14(13)24(29(23,25)26)12-16-20-18(8-4-2)28-22-16/h5-6,9-10H,3-4,7-8,11-12H2,1-2H3. The SMILES string of the molecule is CCCc1nc(CN2c3ccccc3N(Cc3noc(CCC)n3)S2(=O)=O)no1. The zero-order valence-electron chi connectivity index (χ0n) is 16.3. The van der Waals surface area contributed by atoms with Crippen LogP contribution in [0.4, 0.5) is 11.4 Å². The van der Waals surface area contributed by atoms with Gasteiger partial charge in [-0.25, -0.2) is 8.61 Å². The molecule has 0 radical (unpaired) electrons. The number of aryl methyl sites for hydroxylation is 2. The zero-order chi connectivity index (χ0) is 20.4. The van der Waals surface area contributed by atoms with Gasteiger partial charge in [-0.2, -0.15) is 18.4 Å². The van der Waals surface area contributed by atoms with Gasteiger partial charge in [-0.1, -0.05) is 36.3 Å². The smallest absolute Gasteiger partial charge is 0.327 e. The van der Waals surface area contributed by atoms with Gasteiger partial charge in [0.25, 0.3) is 0 Å². The first-order valence-corrected chi connectivity index (χ1v) is 10.9. The third kappa shape index (κ3) is 3.69. The molecule has 154 valence electrons. The van der Waals surface area contributed by atoms with Crippen molar-refractivity contribution in [2.24, 2.45) is 0 Å². The van der Waals surface area contributed by atoms with Gasteiger partial charge in [0.15, 0.2) is 11.6 Å². The van der Waals surface area contributed by atoms with Crippen LogP contribution < -0.4 is 8.61 Å². The Balaban J connectivity index is 1.63. The molecule has 0 aliphatic carbocycles. The summed E-state index contributed by atoms with van der Waals surface area (Å²) in [7, 11) is -3.87. The number of anilines is 2. The van der Waals surface area contributed by atoms with Crippen molar-refractivity contribution in [3.8, 4) is 0 Å². The summed E-state index contributed by atoms with van der Waals surface area (Å²) in [4.78, 5) is 8.59. The summed E-state index contributed by atoms with van der Waals surface area (Å²) in [5.74, 6) is 1.64. The first kappa shape index (κ1) is 19.4. The summed E-state index contributed by atoms with van der Waals surface area (Å²) < 4.78 is 39.5. The van der Waals surface area contributed by atoms with Crippen LogP contribution in [-0.4, -0.2) is 28.7 Å². The molecule has 2 aromatic heterocycles. The lowest BCUT2D eigenvalue weighted by Gasteiger charge is -2.19. The summed E-state index contributed by atoms with van der Waals surface area (Å²) in [5, 5.41) is 7.84. The van der Waals surface area contributed by atoms with Gasteiger partial charge in [-0.15, -0.1) is 0 Å². The van der Waals surface area contributed by atoms with Gasteiger partial charge in [0, 0.05) is 12.8 Å². The Hall–Kier alpha value is -2.95. The molecule has 1 aliphatic rings. The average molecular weight is 418 g/mol. The van der Waals surface area contributed by atoms with E-state index < -0.39 is 10.2 Å². The van der Waals surface area contributed by atoms with Crippen LogP contribution in [0.15, 0.2) is 33.3 Å². The third-order valence-electron chi connectivity index (χ3n) is 4.49. The molecule has 1 aromatic carbocycles. The lowest BCUT2D eigenvalue weighted by atomic mass is 10.2. The second kappa shape index (κ2) is 7.82. The van der Waals surface area contributed by atoms with Crippen LogP contribution in [0.1, 0.15) is 50.1 Å². The van der Waals surface area contributed by atoms with Gasteiger partial charge >= 0.3 is 10.2 Å². The number of hydrogen-bond donors (Lipinski definition) is 0. The Morgan fingerprint density at radius 1 is 0.828 bits per heavy atom. The Kier molecular flexibility index (Phi) is 5.22. The van der Waals surface area contributed by atoms with Crippen LogP contribution in [0.5, 0.6) is 0 Å².